The van der Waals surface area contributed by atoms with Crippen LogP contribution in [-0.2, 0) is 0 Å². The van der Waals surface area contributed by atoms with Gasteiger partial charge in [0.15, 0.2) is 0 Å². The number of nitrogens with zero attached hydrogens (tertiary/aromatic N) is 2. The van der Waals surface area contributed by atoms with Gasteiger partial charge in [0.2, 0.25) is 0 Å². The fourth-order valence-corrected chi connectivity index (χ4v) is 3.37. The number of ether oxygens (including phenoxy) is 1. The highest BCUT2D eigenvalue weighted by atomic mass is 32.1. The summed E-state index contributed by atoms with van der Waals surface area (Å²) in [6.45, 7) is 6.63. The summed E-state index contributed by atoms with van der Waals surface area (Å²) in [4.78, 5) is 17.0. The Kier molecular flexibility index (Phi) is 5.37. The molecule has 1 saturated heterocycles. The van der Waals surface area contributed by atoms with Gasteiger partial charge in [0.05, 0.1) is 17.9 Å². The van der Waals surface area contributed by atoms with Crippen LogP contribution in [0.2, 0.25) is 0 Å². The van der Waals surface area contributed by atoms with E-state index in [-0.39, 0.29) is 5.91 Å². The molecule has 0 aliphatic carbocycles. The fourth-order valence-electron chi connectivity index (χ4n) is 2.74. The van der Waals surface area contributed by atoms with Gasteiger partial charge in [0.25, 0.3) is 5.91 Å². The van der Waals surface area contributed by atoms with Crippen molar-refractivity contribution in [1.82, 2.24) is 4.90 Å². The first-order valence-electron chi connectivity index (χ1n) is 8.21. The summed E-state index contributed by atoms with van der Waals surface area (Å²) in [7, 11) is 2.14. The Morgan fingerprint density at radius 1 is 1.25 bits per heavy atom. The third-order valence-electron chi connectivity index (χ3n) is 4.17. The molecule has 2 heterocycles. The highest BCUT2D eigenvalue weighted by molar-refractivity contribution is 7.08. The van der Waals surface area contributed by atoms with Crippen molar-refractivity contribution >= 4 is 28.6 Å². The van der Waals surface area contributed by atoms with Gasteiger partial charge in [-0.3, -0.25) is 4.79 Å². The number of anilines is 2. The summed E-state index contributed by atoms with van der Waals surface area (Å²) < 4.78 is 5.76. The molecule has 3 rings (SSSR count). The standard InChI is InChI=1S/C18H23N3O2S/c1-3-23-17-12-15(21-9-7-20(2)8-10-21)4-5-16(17)19-18(22)14-6-11-24-13-14/h4-6,11-13H,3,7-10H2,1-2H3,(H,19,22). The second-order valence-corrected chi connectivity index (χ2v) is 6.65. The van der Waals surface area contributed by atoms with E-state index in [2.05, 4.69) is 28.2 Å². The maximum atomic E-state index is 12.3. The fraction of sp³-hybridized carbons (Fsp3) is 0.389. The molecule has 1 aromatic heterocycles. The Morgan fingerprint density at radius 3 is 2.71 bits per heavy atom. The number of carbonyl (C=O) groups is 1. The van der Waals surface area contributed by atoms with Gasteiger partial charge in [-0.15, -0.1) is 0 Å². The maximum Gasteiger partial charge on any atom is 0.256 e. The minimum Gasteiger partial charge on any atom is -0.492 e. The van der Waals surface area contributed by atoms with E-state index in [1.807, 2.05) is 35.9 Å². The average molecular weight is 345 g/mol. The molecule has 1 aliphatic rings. The van der Waals surface area contributed by atoms with Crippen molar-refractivity contribution in [2.75, 3.05) is 50.1 Å². The van der Waals surface area contributed by atoms with Crippen molar-refractivity contribution in [3.63, 3.8) is 0 Å². The zero-order valence-electron chi connectivity index (χ0n) is 14.1. The monoisotopic (exact) mass is 345 g/mol. The molecule has 1 aromatic carbocycles. The van der Waals surface area contributed by atoms with Gasteiger partial charge in [-0.1, -0.05) is 0 Å². The van der Waals surface area contributed by atoms with Gasteiger partial charge in [-0.05, 0) is 37.6 Å². The molecular weight excluding hydrogens is 322 g/mol. The van der Waals surface area contributed by atoms with Crippen molar-refractivity contribution in [2.24, 2.45) is 0 Å². The molecule has 128 valence electrons. The molecular formula is C18H23N3O2S. The summed E-state index contributed by atoms with van der Waals surface area (Å²) in [5.41, 5.74) is 2.52. The molecule has 0 saturated carbocycles. The number of thiophene rings is 1. The van der Waals surface area contributed by atoms with Gasteiger partial charge < -0.3 is 19.9 Å². The average Bonchev–Trinajstić information content (AvgIpc) is 3.12. The molecule has 6 heteroatoms. The largest absolute Gasteiger partial charge is 0.492 e. The number of piperazine rings is 1. The van der Waals surface area contributed by atoms with Crippen LogP contribution in [0.3, 0.4) is 0 Å². The number of rotatable bonds is 5. The third kappa shape index (κ3) is 3.88. The summed E-state index contributed by atoms with van der Waals surface area (Å²) in [6.07, 6.45) is 0. The van der Waals surface area contributed by atoms with Crippen molar-refractivity contribution < 1.29 is 9.53 Å². The van der Waals surface area contributed by atoms with Crippen LogP contribution < -0.4 is 15.0 Å². The smallest absolute Gasteiger partial charge is 0.256 e. The van der Waals surface area contributed by atoms with Crippen LogP contribution in [0, 0.1) is 0 Å². The Morgan fingerprint density at radius 2 is 2.04 bits per heavy atom. The predicted molar refractivity (Wildman–Crippen MR) is 99.6 cm³/mol. The molecule has 24 heavy (non-hydrogen) atoms. The Hall–Kier alpha value is -2.05. The first-order chi connectivity index (χ1) is 11.7. The molecule has 0 atom stereocenters. The number of likely N-dealkylation sites (N-methyl/N-ethyl adjacent to an activating group) is 1. The molecule has 1 N–H and O–H groups in total. The zero-order chi connectivity index (χ0) is 16.9. The SMILES string of the molecule is CCOc1cc(N2CCN(C)CC2)ccc1NC(=O)c1ccsc1. The summed E-state index contributed by atoms with van der Waals surface area (Å²) in [6, 6.07) is 7.83. The van der Waals surface area contributed by atoms with Crippen LogP contribution >= 0.6 is 11.3 Å². The highest BCUT2D eigenvalue weighted by Crippen LogP contribution is 2.31. The first kappa shape index (κ1) is 16.8. The van der Waals surface area contributed by atoms with E-state index in [1.165, 1.54) is 11.3 Å². The number of carbonyl (C=O) groups excluding carboxylic acids is 1. The van der Waals surface area contributed by atoms with Crippen LogP contribution in [0.25, 0.3) is 0 Å². The highest BCUT2D eigenvalue weighted by Gasteiger charge is 2.17. The lowest BCUT2D eigenvalue weighted by atomic mass is 10.2. The third-order valence-corrected chi connectivity index (χ3v) is 4.85. The lowest BCUT2D eigenvalue weighted by Crippen LogP contribution is -2.44. The van der Waals surface area contributed by atoms with Gasteiger partial charge in [-0.25, -0.2) is 0 Å². The van der Waals surface area contributed by atoms with Gasteiger partial charge in [0.1, 0.15) is 5.75 Å². The Balaban J connectivity index is 1.78. The molecule has 1 aliphatic heterocycles. The molecule has 5 nitrogen and oxygen atoms in total. The van der Waals surface area contributed by atoms with Crippen molar-refractivity contribution in [1.29, 1.82) is 0 Å². The molecule has 0 radical (unpaired) electrons. The molecule has 1 fully saturated rings. The zero-order valence-corrected chi connectivity index (χ0v) is 14.9. The van der Waals surface area contributed by atoms with E-state index >= 15 is 0 Å². The minimum absolute atomic E-state index is 0.107. The van der Waals surface area contributed by atoms with Crippen molar-refractivity contribution in [2.45, 2.75) is 6.92 Å². The molecule has 2 aromatic rings. The summed E-state index contributed by atoms with van der Waals surface area (Å²) in [5, 5.41) is 6.69. The van der Waals surface area contributed by atoms with Crippen molar-refractivity contribution in [3.8, 4) is 5.75 Å². The molecule has 0 spiro atoms. The van der Waals surface area contributed by atoms with Gasteiger partial charge >= 0.3 is 0 Å². The minimum atomic E-state index is -0.107. The predicted octanol–water partition coefficient (Wildman–Crippen LogP) is 3.15. The second-order valence-electron chi connectivity index (χ2n) is 5.87. The lowest BCUT2D eigenvalue weighted by molar-refractivity contribution is 0.102. The van der Waals surface area contributed by atoms with Gasteiger partial charge in [0, 0.05) is 43.3 Å². The van der Waals surface area contributed by atoms with Crippen LogP contribution in [0.15, 0.2) is 35.0 Å². The molecule has 0 unspecified atom stereocenters. The van der Waals surface area contributed by atoms with E-state index in [9.17, 15) is 4.79 Å². The Bertz CT molecular complexity index is 680. The van der Waals surface area contributed by atoms with E-state index in [0.29, 0.717) is 17.9 Å². The Labute approximate surface area is 146 Å². The number of hydrogen-bond acceptors (Lipinski definition) is 5. The van der Waals surface area contributed by atoms with E-state index in [1.54, 1.807) is 0 Å². The van der Waals surface area contributed by atoms with Crippen LogP contribution in [0.4, 0.5) is 11.4 Å². The second kappa shape index (κ2) is 7.68. The quantitative estimate of drug-likeness (QED) is 0.904. The topological polar surface area (TPSA) is 44.8 Å². The molecule has 1 amide bonds. The summed E-state index contributed by atoms with van der Waals surface area (Å²) >= 11 is 1.51. The van der Waals surface area contributed by atoms with Gasteiger partial charge in [-0.2, -0.15) is 11.3 Å². The maximum absolute atomic E-state index is 12.3. The van der Waals surface area contributed by atoms with E-state index < -0.39 is 0 Å². The lowest BCUT2D eigenvalue weighted by Gasteiger charge is -2.34. The number of amides is 1. The molecule has 0 bridgehead atoms. The van der Waals surface area contributed by atoms with Crippen LogP contribution in [0.1, 0.15) is 17.3 Å². The van der Waals surface area contributed by atoms with Crippen LogP contribution in [-0.4, -0.2) is 50.6 Å². The normalized spacial score (nSPS) is 15.3. The van der Waals surface area contributed by atoms with Crippen LogP contribution in [0.5, 0.6) is 5.75 Å². The number of hydrogen-bond donors (Lipinski definition) is 1. The number of benzene rings is 1. The first-order valence-corrected chi connectivity index (χ1v) is 9.15. The van der Waals surface area contributed by atoms with E-state index in [4.69, 9.17) is 4.74 Å². The number of nitrogens with one attached hydrogen (secondary N) is 1. The van der Waals surface area contributed by atoms with Crippen molar-refractivity contribution in [3.05, 3.63) is 40.6 Å². The summed E-state index contributed by atoms with van der Waals surface area (Å²) in [5.74, 6) is 0.613. The van der Waals surface area contributed by atoms with E-state index in [0.717, 1.165) is 37.6 Å².